The van der Waals surface area contributed by atoms with Crippen LogP contribution in [0.1, 0.15) is 5.56 Å². The number of aliphatic imine (C=N–C) groups is 1. The predicted octanol–water partition coefficient (Wildman–Crippen LogP) is 1.58. The topological polar surface area (TPSA) is 50.0 Å². The van der Waals surface area contributed by atoms with Gasteiger partial charge in [-0.05, 0) is 24.4 Å². The van der Waals surface area contributed by atoms with Crippen LogP contribution >= 0.6 is 12.2 Å². The number of nitrogens with zero attached hydrogens (tertiary/aromatic N) is 4. The lowest BCUT2D eigenvalue weighted by atomic mass is 10.2. The first-order chi connectivity index (χ1) is 5.86. The van der Waals surface area contributed by atoms with Crippen LogP contribution in [-0.4, -0.2) is 15.9 Å². The lowest BCUT2D eigenvalue weighted by Gasteiger charge is -1.91. The van der Waals surface area contributed by atoms with E-state index in [9.17, 15) is 0 Å². The quantitative estimate of drug-likeness (QED) is 0.610. The molecule has 1 aromatic rings. The Morgan fingerprint density at radius 2 is 1.83 bits per heavy atom. The number of amidine groups is 1. The second-order valence-corrected chi connectivity index (χ2v) is 2.52. The molecule has 0 spiro atoms. The molecule has 2 heterocycles. The van der Waals surface area contributed by atoms with Crippen molar-refractivity contribution >= 4 is 23.2 Å². The zero-order valence-corrected chi connectivity index (χ0v) is 6.82. The van der Waals surface area contributed by atoms with Gasteiger partial charge in [0.15, 0.2) is 5.84 Å². The van der Waals surface area contributed by atoms with Crippen molar-refractivity contribution in [3.8, 4) is 0 Å². The maximum atomic E-state index is 4.73. The molecule has 0 aromatic carbocycles. The van der Waals surface area contributed by atoms with E-state index >= 15 is 0 Å². The molecule has 4 nitrogen and oxygen atoms in total. The second kappa shape index (κ2) is 2.86. The van der Waals surface area contributed by atoms with Crippen LogP contribution in [-0.2, 0) is 0 Å². The average Bonchev–Trinajstić information content (AvgIpc) is 2.54. The molecule has 0 atom stereocenters. The Morgan fingerprint density at radius 1 is 1.08 bits per heavy atom. The van der Waals surface area contributed by atoms with Crippen LogP contribution in [0.5, 0.6) is 0 Å². The third-order valence-corrected chi connectivity index (χ3v) is 1.54. The van der Waals surface area contributed by atoms with Crippen LogP contribution < -0.4 is 0 Å². The van der Waals surface area contributed by atoms with E-state index in [0.29, 0.717) is 5.84 Å². The molecule has 0 fully saturated rings. The largest absolute Gasteiger partial charge is 0.265 e. The van der Waals surface area contributed by atoms with Crippen molar-refractivity contribution in [3.63, 3.8) is 0 Å². The van der Waals surface area contributed by atoms with Crippen molar-refractivity contribution in [2.75, 3.05) is 0 Å². The van der Waals surface area contributed by atoms with Gasteiger partial charge in [0.1, 0.15) is 0 Å². The highest BCUT2D eigenvalue weighted by Gasteiger charge is 2.08. The number of pyridine rings is 1. The summed E-state index contributed by atoms with van der Waals surface area (Å²) in [7, 11) is 0. The van der Waals surface area contributed by atoms with Gasteiger partial charge < -0.3 is 0 Å². The SMILES string of the molecule is S=C1N=NC(c2ccncc2)=N1. The normalized spacial score (nSPS) is 15.0. The summed E-state index contributed by atoms with van der Waals surface area (Å²) in [5.74, 6) is 0.558. The molecule has 0 saturated carbocycles. The summed E-state index contributed by atoms with van der Waals surface area (Å²) in [6.45, 7) is 0. The summed E-state index contributed by atoms with van der Waals surface area (Å²) in [4.78, 5) is 7.82. The Hall–Kier alpha value is -1.49. The molecule has 12 heavy (non-hydrogen) atoms. The molecule has 0 N–H and O–H groups in total. The van der Waals surface area contributed by atoms with E-state index in [1.807, 2.05) is 12.1 Å². The van der Waals surface area contributed by atoms with Crippen LogP contribution in [0.3, 0.4) is 0 Å². The highest BCUT2D eigenvalue weighted by Crippen LogP contribution is 2.07. The molecule has 0 amide bonds. The molecule has 1 aliphatic rings. The lowest BCUT2D eigenvalue weighted by Crippen LogP contribution is -1.93. The molecule has 58 valence electrons. The highest BCUT2D eigenvalue weighted by atomic mass is 32.1. The number of hydrogen-bond acceptors (Lipinski definition) is 3. The minimum absolute atomic E-state index is 0.279. The van der Waals surface area contributed by atoms with E-state index in [-0.39, 0.29) is 5.11 Å². The predicted molar refractivity (Wildman–Crippen MR) is 48.2 cm³/mol. The molecule has 0 unspecified atom stereocenters. The van der Waals surface area contributed by atoms with E-state index in [4.69, 9.17) is 12.2 Å². The molecule has 0 radical (unpaired) electrons. The first kappa shape index (κ1) is 7.17. The monoisotopic (exact) mass is 176 g/mol. The number of aromatic nitrogens is 1. The van der Waals surface area contributed by atoms with Gasteiger partial charge in [-0.15, -0.1) is 10.2 Å². The summed E-state index contributed by atoms with van der Waals surface area (Å²) in [5, 5.41) is 7.70. The van der Waals surface area contributed by atoms with E-state index in [1.165, 1.54) is 0 Å². The first-order valence-electron chi connectivity index (χ1n) is 3.31. The average molecular weight is 176 g/mol. The number of rotatable bonds is 1. The van der Waals surface area contributed by atoms with Crippen molar-refractivity contribution in [2.45, 2.75) is 0 Å². The molecule has 0 saturated heterocycles. The lowest BCUT2D eigenvalue weighted by molar-refractivity contribution is 1.31. The molecule has 1 aliphatic heterocycles. The van der Waals surface area contributed by atoms with Crippen LogP contribution in [0.4, 0.5) is 0 Å². The van der Waals surface area contributed by atoms with Gasteiger partial charge in [-0.1, -0.05) is 0 Å². The fourth-order valence-electron chi connectivity index (χ4n) is 0.849. The molecule has 1 aromatic heterocycles. The molecular formula is C7H4N4S. The van der Waals surface area contributed by atoms with Crippen molar-refractivity contribution in [1.82, 2.24) is 4.98 Å². The highest BCUT2D eigenvalue weighted by molar-refractivity contribution is 7.80. The minimum atomic E-state index is 0.279. The third kappa shape index (κ3) is 1.26. The van der Waals surface area contributed by atoms with Gasteiger partial charge in [0, 0.05) is 18.0 Å². The van der Waals surface area contributed by atoms with Crippen molar-refractivity contribution < 1.29 is 0 Å². The fraction of sp³-hybridized carbons (Fsp3) is 0. The van der Waals surface area contributed by atoms with Crippen LogP contribution in [0.2, 0.25) is 0 Å². The van der Waals surface area contributed by atoms with Crippen molar-refractivity contribution in [3.05, 3.63) is 30.1 Å². The fourth-order valence-corrected chi connectivity index (χ4v) is 0.976. The molecule has 0 bridgehead atoms. The van der Waals surface area contributed by atoms with Gasteiger partial charge in [-0.25, -0.2) is 0 Å². The summed E-state index contributed by atoms with van der Waals surface area (Å²) in [6.07, 6.45) is 3.35. The summed E-state index contributed by atoms with van der Waals surface area (Å²) in [5.41, 5.74) is 0.883. The standard InChI is InChI=1S/C7H4N4S/c12-7-9-6(10-11-7)5-1-3-8-4-2-5/h1-4H. The van der Waals surface area contributed by atoms with Gasteiger partial charge >= 0.3 is 0 Å². The van der Waals surface area contributed by atoms with Crippen LogP contribution in [0, 0.1) is 0 Å². The van der Waals surface area contributed by atoms with E-state index in [1.54, 1.807) is 12.4 Å². The van der Waals surface area contributed by atoms with E-state index in [2.05, 4.69) is 20.2 Å². The number of azo groups is 1. The molecular weight excluding hydrogens is 172 g/mol. The molecule has 5 heteroatoms. The Balaban J connectivity index is 2.40. The summed E-state index contributed by atoms with van der Waals surface area (Å²) in [6, 6.07) is 3.62. The van der Waals surface area contributed by atoms with Crippen molar-refractivity contribution in [1.29, 1.82) is 0 Å². The zero-order valence-electron chi connectivity index (χ0n) is 6.01. The Kier molecular flexibility index (Phi) is 1.71. The van der Waals surface area contributed by atoms with Crippen LogP contribution in [0.15, 0.2) is 39.7 Å². The van der Waals surface area contributed by atoms with Crippen molar-refractivity contribution in [2.24, 2.45) is 15.2 Å². The summed E-state index contributed by atoms with van der Waals surface area (Å²) >= 11 is 4.73. The van der Waals surface area contributed by atoms with Crippen LogP contribution in [0.25, 0.3) is 0 Å². The minimum Gasteiger partial charge on any atom is -0.265 e. The maximum Gasteiger partial charge on any atom is 0.242 e. The number of thiocarbonyl (C=S) groups is 1. The maximum absolute atomic E-state index is 4.73. The van der Waals surface area contributed by atoms with Gasteiger partial charge in [-0.2, -0.15) is 4.99 Å². The van der Waals surface area contributed by atoms with Gasteiger partial charge in [-0.3, -0.25) is 4.98 Å². The Morgan fingerprint density at radius 3 is 2.42 bits per heavy atom. The van der Waals surface area contributed by atoms with Gasteiger partial charge in [0.05, 0.1) is 0 Å². The Labute approximate surface area is 74.1 Å². The van der Waals surface area contributed by atoms with E-state index < -0.39 is 0 Å². The second-order valence-electron chi connectivity index (χ2n) is 2.15. The van der Waals surface area contributed by atoms with E-state index in [0.717, 1.165) is 5.56 Å². The molecule has 0 aliphatic carbocycles. The summed E-state index contributed by atoms with van der Waals surface area (Å²) < 4.78 is 0. The smallest absolute Gasteiger partial charge is 0.242 e. The first-order valence-corrected chi connectivity index (χ1v) is 3.72. The zero-order chi connectivity index (χ0) is 8.39. The number of hydrogen-bond donors (Lipinski definition) is 0. The Bertz CT molecular complexity index is 368. The third-order valence-electron chi connectivity index (χ3n) is 1.37. The van der Waals surface area contributed by atoms with Gasteiger partial charge in [0.2, 0.25) is 5.11 Å². The molecule has 2 rings (SSSR count). The van der Waals surface area contributed by atoms with Gasteiger partial charge in [0.25, 0.3) is 0 Å².